The molecule has 2 aromatic carbocycles. The molecule has 1 amide bonds. The zero-order chi connectivity index (χ0) is 21.7. The summed E-state index contributed by atoms with van der Waals surface area (Å²) >= 11 is 6.04. The number of piperazine rings is 1. The minimum Gasteiger partial charge on any atom is -0.340 e. The third-order valence-electron chi connectivity index (χ3n) is 5.30. The van der Waals surface area contributed by atoms with Crippen molar-refractivity contribution in [2.75, 3.05) is 26.2 Å². The summed E-state index contributed by atoms with van der Waals surface area (Å²) in [6.07, 6.45) is 1.17. The zero-order valence-corrected chi connectivity index (χ0v) is 18.5. The van der Waals surface area contributed by atoms with Gasteiger partial charge in [0.2, 0.25) is 15.9 Å². The van der Waals surface area contributed by atoms with Crippen molar-refractivity contribution in [3.05, 3.63) is 64.7 Å². The molecule has 8 heteroatoms. The number of rotatable bonds is 7. The highest BCUT2D eigenvalue weighted by Crippen LogP contribution is 2.25. The first-order valence-corrected chi connectivity index (χ1v) is 11.8. The van der Waals surface area contributed by atoms with Gasteiger partial charge in [-0.2, -0.15) is 4.31 Å². The van der Waals surface area contributed by atoms with Gasteiger partial charge < -0.3 is 4.90 Å². The average Bonchev–Trinajstić information content (AvgIpc) is 2.77. The maximum Gasteiger partial charge on any atom is 0.244 e. The van der Waals surface area contributed by atoms with Crippen LogP contribution in [0, 0.1) is 0 Å². The van der Waals surface area contributed by atoms with E-state index in [0.29, 0.717) is 18.7 Å². The molecule has 0 bridgehead atoms. The third kappa shape index (κ3) is 5.09. The van der Waals surface area contributed by atoms with Crippen molar-refractivity contribution in [3.63, 3.8) is 0 Å². The van der Waals surface area contributed by atoms with Crippen LogP contribution in [-0.2, 0) is 21.2 Å². The Morgan fingerprint density at radius 3 is 2.17 bits per heavy atom. The Balaban J connectivity index is 1.52. The van der Waals surface area contributed by atoms with Crippen molar-refractivity contribution in [3.8, 4) is 0 Å². The first kappa shape index (κ1) is 22.5. The zero-order valence-electron chi connectivity index (χ0n) is 16.9. The van der Waals surface area contributed by atoms with Gasteiger partial charge >= 0.3 is 0 Å². The minimum atomic E-state index is -3.70. The summed E-state index contributed by atoms with van der Waals surface area (Å²) < 4.78 is 26.9. The second kappa shape index (κ2) is 9.73. The van der Waals surface area contributed by atoms with E-state index < -0.39 is 10.0 Å². The fraction of sp³-hybridized carbons (Fsp3) is 0.364. The quantitative estimate of drug-likeness (QED) is 0.608. The molecule has 1 aliphatic rings. The molecule has 0 saturated carbocycles. The van der Waals surface area contributed by atoms with Crippen LogP contribution in [-0.4, -0.2) is 55.5 Å². The SMILES string of the molecule is CCc1ccc(C(=O)CCC(=O)N2CCN(S(=O)(=O)c3ccccc3Cl)CC2)cc1. The van der Waals surface area contributed by atoms with Gasteiger partial charge in [0.1, 0.15) is 4.90 Å². The minimum absolute atomic E-state index is 0.0639. The summed E-state index contributed by atoms with van der Waals surface area (Å²) in [5.41, 5.74) is 1.77. The largest absolute Gasteiger partial charge is 0.340 e. The van der Waals surface area contributed by atoms with Gasteiger partial charge in [-0.25, -0.2) is 8.42 Å². The molecular weight excluding hydrogens is 424 g/mol. The molecule has 1 aliphatic heterocycles. The van der Waals surface area contributed by atoms with Gasteiger partial charge in [0.15, 0.2) is 5.78 Å². The molecule has 1 fully saturated rings. The number of amides is 1. The predicted molar refractivity (Wildman–Crippen MR) is 116 cm³/mol. The summed E-state index contributed by atoms with van der Waals surface area (Å²) in [6.45, 7) is 3.04. The second-order valence-electron chi connectivity index (χ2n) is 7.19. The first-order chi connectivity index (χ1) is 14.3. The molecule has 0 aliphatic carbocycles. The van der Waals surface area contributed by atoms with Crippen LogP contribution in [0.25, 0.3) is 0 Å². The van der Waals surface area contributed by atoms with Gasteiger partial charge in [-0.15, -0.1) is 0 Å². The predicted octanol–water partition coefficient (Wildman–Crippen LogP) is 3.40. The Morgan fingerprint density at radius 1 is 0.933 bits per heavy atom. The third-order valence-corrected chi connectivity index (χ3v) is 7.69. The number of sulfonamides is 1. The van der Waals surface area contributed by atoms with E-state index in [1.165, 1.54) is 10.4 Å². The van der Waals surface area contributed by atoms with E-state index in [-0.39, 0.29) is 47.5 Å². The average molecular weight is 449 g/mol. The molecule has 0 N–H and O–H groups in total. The van der Waals surface area contributed by atoms with Crippen LogP contribution in [0.3, 0.4) is 0 Å². The van der Waals surface area contributed by atoms with Gasteiger partial charge in [-0.05, 0) is 24.1 Å². The molecule has 0 unspecified atom stereocenters. The molecule has 160 valence electrons. The van der Waals surface area contributed by atoms with Crippen LogP contribution < -0.4 is 0 Å². The van der Waals surface area contributed by atoms with Gasteiger partial charge in [-0.3, -0.25) is 9.59 Å². The van der Waals surface area contributed by atoms with Crippen molar-refractivity contribution in [1.82, 2.24) is 9.21 Å². The topological polar surface area (TPSA) is 74.8 Å². The van der Waals surface area contributed by atoms with Crippen LogP contribution in [0.1, 0.15) is 35.7 Å². The lowest BCUT2D eigenvalue weighted by atomic mass is 10.0. The summed E-state index contributed by atoms with van der Waals surface area (Å²) in [5.74, 6) is -0.200. The second-order valence-corrected chi connectivity index (χ2v) is 9.50. The van der Waals surface area contributed by atoms with Crippen LogP contribution in [0.15, 0.2) is 53.4 Å². The summed E-state index contributed by atoms with van der Waals surface area (Å²) in [5, 5.41) is 0.182. The number of carbonyl (C=O) groups is 2. The number of aryl methyl sites for hydroxylation is 1. The first-order valence-electron chi connectivity index (χ1n) is 9.97. The van der Waals surface area contributed by atoms with E-state index in [9.17, 15) is 18.0 Å². The van der Waals surface area contributed by atoms with E-state index in [0.717, 1.165) is 12.0 Å². The molecule has 0 atom stereocenters. The molecule has 6 nitrogen and oxygen atoms in total. The van der Waals surface area contributed by atoms with E-state index in [1.54, 1.807) is 35.2 Å². The molecule has 2 aromatic rings. The number of hydrogen-bond donors (Lipinski definition) is 0. The number of carbonyl (C=O) groups excluding carboxylic acids is 2. The molecule has 0 aromatic heterocycles. The number of Topliss-reactive ketones (excluding diaryl/α,β-unsaturated/α-hetero) is 1. The standard InChI is InChI=1S/C22H25ClN2O4S/c1-2-17-7-9-18(10-8-17)20(26)11-12-22(27)24-13-15-25(16-14-24)30(28,29)21-6-4-3-5-19(21)23/h3-10H,2,11-16H2,1H3. The van der Waals surface area contributed by atoms with Crippen molar-refractivity contribution in [2.45, 2.75) is 31.1 Å². The van der Waals surface area contributed by atoms with Crippen LogP contribution in [0.4, 0.5) is 0 Å². The Hall–Kier alpha value is -2.22. The molecule has 0 radical (unpaired) electrons. The van der Waals surface area contributed by atoms with Crippen LogP contribution >= 0.6 is 11.6 Å². The van der Waals surface area contributed by atoms with Gasteiger partial charge in [0.25, 0.3) is 0 Å². The van der Waals surface area contributed by atoms with Crippen molar-refractivity contribution >= 4 is 33.3 Å². The van der Waals surface area contributed by atoms with E-state index in [2.05, 4.69) is 6.92 Å². The fourth-order valence-electron chi connectivity index (χ4n) is 3.42. The van der Waals surface area contributed by atoms with Crippen molar-refractivity contribution in [1.29, 1.82) is 0 Å². The Morgan fingerprint density at radius 2 is 1.57 bits per heavy atom. The maximum atomic E-state index is 12.8. The molecule has 1 saturated heterocycles. The lowest BCUT2D eigenvalue weighted by Crippen LogP contribution is -2.50. The number of benzene rings is 2. The number of ketones is 1. The van der Waals surface area contributed by atoms with E-state index >= 15 is 0 Å². The summed E-state index contributed by atoms with van der Waals surface area (Å²) in [7, 11) is -3.70. The van der Waals surface area contributed by atoms with Crippen molar-refractivity contribution in [2.24, 2.45) is 0 Å². The smallest absolute Gasteiger partial charge is 0.244 e. The Kier molecular flexibility index (Phi) is 7.28. The highest BCUT2D eigenvalue weighted by Gasteiger charge is 2.31. The summed E-state index contributed by atoms with van der Waals surface area (Å²) in [6, 6.07) is 13.8. The molecule has 0 spiro atoms. The van der Waals surface area contributed by atoms with E-state index in [1.807, 2.05) is 12.1 Å². The summed E-state index contributed by atoms with van der Waals surface area (Å²) in [4.78, 5) is 26.5. The molecule has 30 heavy (non-hydrogen) atoms. The van der Waals surface area contributed by atoms with Gasteiger partial charge in [0.05, 0.1) is 5.02 Å². The Labute approximate surface area is 182 Å². The number of hydrogen-bond acceptors (Lipinski definition) is 4. The molecular formula is C22H25ClN2O4S. The highest BCUT2D eigenvalue weighted by atomic mass is 35.5. The lowest BCUT2D eigenvalue weighted by Gasteiger charge is -2.34. The van der Waals surface area contributed by atoms with Crippen LogP contribution in [0.2, 0.25) is 5.02 Å². The molecule has 3 rings (SSSR count). The van der Waals surface area contributed by atoms with Gasteiger partial charge in [0, 0.05) is 44.6 Å². The van der Waals surface area contributed by atoms with Gasteiger partial charge in [-0.1, -0.05) is 54.9 Å². The maximum absolute atomic E-state index is 12.8. The number of nitrogens with zero attached hydrogens (tertiary/aromatic N) is 2. The Bertz CT molecular complexity index is 1010. The van der Waals surface area contributed by atoms with Crippen LogP contribution in [0.5, 0.6) is 0 Å². The van der Waals surface area contributed by atoms with E-state index in [4.69, 9.17) is 11.6 Å². The lowest BCUT2D eigenvalue weighted by molar-refractivity contribution is -0.132. The molecule has 1 heterocycles. The number of halogens is 1. The normalized spacial score (nSPS) is 15.2. The monoisotopic (exact) mass is 448 g/mol. The highest BCUT2D eigenvalue weighted by molar-refractivity contribution is 7.89. The van der Waals surface area contributed by atoms with Crippen molar-refractivity contribution < 1.29 is 18.0 Å². The fourth-order valence-corrected chi connectivity index (χ4v) is 5.34.